The van der Waals surface area contributed by atoms with Crippen molar-refractivity contribution in [3.63, 3.8) is 0 Å². The number of rotatable bonds is 5. The lowest BCUT2D eigenvalue weighted by molar-refractivity contribution is 0.127. The van der Waals surface area contributed by atoms with Crippen molar-refractivity contribution in [2.45, 2.75) is 58.9 Å². The van der Waals surface area contributed by atoms with Gasteiger partial charge in [-0.15, -0.1) is 0 Å². The highest BCUT2D eigenvalue weighted by Crippen LogP contribution is 2.24. The van der Waals surface area contributed by atoms with Crippen LogP contribution in [0.4, 0.5) is 0 Å². The minimum absolute atomic E-state index is 0.395. The van der Waals surface area contributed by atoms with Gasteiger partial charge in [-0.25, -0.2) is 0 Å². The molecule has 1 heterocycles. The van der Waals surface area contributed by atoms with Gasteiger partial charge in [0.1, 0.15) is 0 Å². The van der Waals surface area contributed by atoms with Crippen molar-refractivity contribution in [2.24, 2.45) is 5.41 Å². The van der Waals surface area contributed by atoms with Crippen LogP contribution in [0.5, 0.6) is 0 Å². The Labute approximate surface area is 102 Å². The molecule has 2 nitrogen and oxygen atoms in total. The highest BCUT2D eigenvalue weighted by Gasteiger charge is 2.26. The second-order valence-electron chi connectivity index (χ2n) is 6.08. The van der Waals surface area contributed by atoms with Crippen molar-refractivity contribution in [1.29, 1.82) is 0 Å². The summed E-state index contributed by atoms with van der Waals surface area (Å²) in [5.74, 6) is 0. The predicted octanol–water partition coefficient (Wildman–Crippen LogP) is 2.89. The molecule has 0 bridgehead atoms. The van der Waals surface area contributed by atoms with Crippen LogP contribution in [0.25, 0.3) is 0 Å². The third-order valence-corrected chi connectivity index (χ3v) is 3.76. The van der Waals surface area contributed by atoms with Crippen molar-refractivity contribution in [1.82, 2.24) is 10.2 Å². The van der Waals surface area contributed by atoms with Gasteiger partial charge >= 0.3 is 0 Å². The maximum atomic E-state index is 3.32. The number of nitrogens with zero attached hydrogens (tertiary/aromatic N) is 1. The molecule has 96 valence electrons. The van der Waals surface area contributed by atoms with E-state index in [9.17, 15) is 0 Å². The van der Waals surface area contributed by atoms with E-state index in [1.54, 1.807) is 0 Å². The van der Waals surface area contributed by atoms with Gasteiger partial charge in [0.05, 0.1) is 0 Å². The molecule has 1 unspecified atom stereocenters. The maximum absolute atomic E-state index is 3.32. The molecule has 0 saturated carbocycles. The van der Waals surface area contributed by atoms with Gasteiger partial charge in [0.2, 0.25) is 0 Å². The van der Waals surface area contributed by atoms with Gasteiger partial charge in [0.25, 0.3) is 0 Å². The topological polar surface area (TPSA) is 15.3 Å². The quantitative estimate of drug-likeness (QED) is 0.775. The Morgan fingerprint density at radius 3 is 2.62 bits per heavy atom. The number of nitrogens with one attached hydrogen (secondary N) is 1. The molecule has 1 aliphatic heterocycles. The third-order valence-electron chi connectivity index (χ3n) is 3.76. The van der Waals surface area contributed by atoms with Crippen LogP contribution in [0.2, 0.25) is 0 Å². The Balaban J connectivity index is 2.53. The summed E-state index contributed by atoms with van der Waals surface area (Å²) in [5, 5.41) is 3.32. The second kappa shape index (κ2) is 6.61. The molecule has 0 amide bonds. The molecule has 1 saturated heterocycles. The summed E-state index contributed by atoms with van der Waals surface area (Å²) < 4.78 is 0. The van der Waals surface area contributed by atoms with E-state index in [0.29, 0.717) is 5.41 Å². The summed E-state index contributed by atoms with van der Waals surface area (Å²) in [6.45, 7) is 10.8. The van der Waals surface area contributed by atoms with E-state index in [0.717, 1.165) is 12.6 Å². The van der Waals surface area contributed by atoms with Crippen LogP contribution in [-0.2, 0) is 0 Å². The smallest absolute Gasteiger partial charge is 0.00928 e. The Kier molecular flexibility index (Phi) is 5.77. The first-order chi connectivity index (χ1) is 7.59. The zero-order valence-corrected chi connectivity index (χ0v) is 11.7. The zero-order chi connectivity index (χ0) is 12.0. The van der Waals surface area contributed by atoms with Crippen molar-refractivity contribution >= 4 is 0 Å². The summed E-state index contributed by atoms with van der Waals surface area (Å²) in [5.41, 5.74) is 0.395. The summed E-state index contributed by atoms with van der Waals surface area (Å²) in [6.07, 6.45) is 6.98. The van der Waals surface area contributed by atoms with Gasteiger partial charge in [-0.05, 0) is 38.3 Å². The average molecular weight is 226 g/mol. The average Bonchev–Trinajstić information content (AvgIpc) is 2.42. The Hall–Kier alpha value is -0.0800. The summed E-state index contributed by atoms with van der Waals surface area (Å²) in [7, 11) is 2.06. The normalized spacial score (nSPS) is 24.4. The molecular weight excluding hydrogens is 196 g/mol. The summed E-state index contributed by atoms with van der Waals surface area (Å²) in [6, 6.07) is 0.832. The van der Waals surface area contributed by atoms with Crippen molar-refractivity contribution < 1.29 is 0 Å². The molecule has 0 spiro atoms. The van der Waals surface area contributed by atoms with Gasteiger partial charge in [-0.3, -0.25) is 4.90 Å². The molecule has 0 radical (unpaired) electrons. The lowest BCUT2D eigenvalue weighted by Gasteiger charge is -2.36. The van der Waals surface area contributed by atoms with E-state index >= 15 is 0 Å². The monoisotopic (exact) mass is 226 g/mol. The highest BCUT2D eigenvalue weighted by molar-refractivity contribution is 4.81. The summed E-state index contributed by atoms with van der Waals surface area (Å²) >= 11 is 0. The molecule has 1 rings (SSSR count). The largest absolute Gasteiger partial charge is 0.319 e. The first kappa shape index (κ1) is 14.0. The molecular formula is C14H30N2. The first-order valence-corrected chi connectivity index (χ1v) is 6.97. The van der Waals surface area contributed by atoms with E-state index < -0.39 is 0 Å². The second-order valence-corrected chi connectivity index (χ2v) is 6.08. The van der Waals surface area contributed by atoms with Crippen LogP contribution in [0.15, 0.2) is 0 Å². The molecule has 0 aromatic carbocycles. The van der Waals surface area contributed by atoms with E-state index in [2.05, 4.69) is 38.0 Å². The highest BCUT2D eigenvalue weighted by atomic mass is 15.2. The number of hydrogen-bond donors (Lipinski definition) is 1. The zero-order valence-electron chi connectivity index (χ0n) is 11.7. The molecule has 0 aromatic rings. The van der Waals surface area contributed by atoms with Crippen molar-refractivity contribution in [3.8, 4) is 0 Å². The predicted molar refractivity (Wildman–Crippen MR) is 71.8 cm³/mol. The Bertz CT molecular complexity index is 189. The Morgan fingerprint density at radius 2 is 2.00 bits per heavy atom. The molecule has 16 heavy (non-hydrogen) atoms. The minimum atomic E-state index is 0.395. The Morgan fingerprint density at radius 1 is 1.25 bits per heavy atom. The third kappa shape index (κ3) is 4.42. The van der Waals surface area contributed by atoms with Crippen molar-refractivity contribution in [3.05, 3.63) is 0 Å². The molecule has 2 heteroatoms. The molecule has 0 aliphatic carbocycles. The van der Waals surface area contributed by atoms with Gasteiger partial charge in [0, 0.05) is 19.1 Å². The lowest BCUT2D eigenvalue weighted by atomic mass is 9.91. The molecule has 1 fully saturated rings. The molecule has 1 aliphatic rings. The lowest BCUT2D eigenvalue weighted by Crippen LogP contribution is -2.44. The standard InChI is InChI=1S/C14H30N2/c1-5-13-9-7-6-8-10-16(13)12-14(2,3)11-15-4/h13,15H,5-12H2,1-4H3. The van der Waals surface area contributed by atoms with Crippen LogP contribution in [0.3, 0.4) is 0 Å². The van der Waals surface area contributed by atoms with E-state index in [1.165, 1.54) is 45.2 Å². The van der Waals surface area contributed by atoms with E-state index in [-0.39, 0.29) is 0 Å². The fourth-order valence-electron chi connectivity index (χ4n) is 2.99. The molecule has 1 N–H and O–H groups in total. The van der Waals surface area contributed by atoms with Crippen LogP contribution in [-0.4, -0.2) is 37.6 Å². The number of likely N-dealkylation sites (tertiary alicyclic amines) is 1. The molecule has 1 atom stereocenters. The first-order valence-electron chi connectivity index (χ1n) is 6.97. The van der Waals surface area contributed by atoms with E-state index in [4.69, 9.17) is 0 Å². The number of hydrogen-bond acceptors (Lipinski definition) is 2. The minimum Gasteiger partial charge on any atom is -0.319 e. The van der Waals surface area contributed by atoms with Gasteiger partial charge in [-0.2, -0.15) is 0 Å². The van der Waals surface area contributed by atoms with Crippen LogP contribution < -0.4 is 5.32 Å². The fraction of sp³-hybridized carbons (Fsp3) is 1.00. The molecule has 0 aromatic heterocycles. The summed E-state index contributed by atoms with van der Waals surface area (Å²) in [4.78, 5) is 2.74. The van der Waals surface area contributed by atoms with Crippen LogP contribution in [0, 0.1) is 5.41 Å². The van der Waals surface area contributed by atoms with Gasteiger partial charge < -0.3 is 5.32 Å². The maximum Gasteiger partial charge on any atom is 0.00928 e. The van der Waals surface area contributed by atoms with Gasteiger partial charge in [-0.1, -0.05) is 33.6 Å². The van der Waals surface area contributed by atoms with Crippen LogP contribution in [0.1, 0.15) is 52.9 Å². The van der Waals surface area contributed by atoms with Crippen LogP contribution >= 0.6 is 0 Å². The van der Waals surface area contributed by atoms with E-state index in [1.807, 2.05) is 0 Å². The fourth-order valence-corrected chi connectivity index (χ4v) is 2.99. The van der Waals surface area contributed by atoms with Crippen molar-refractivity contribution in [2.75, 3.05) is 26.7 Å². The van der Waals surface area contributed by atoms with Gasteiger partial charge in [0.15, 0.2) is 0 Å². The SMILES string of the molecule is CCC1CCCCCN1CC(C)(C)CNC.